The third-order valence-electron chi connectivity index (χ3n) is 6.47. The highest BCUT2D eigenvalue weighted by Gasteiger charge is 2.25. The maximum Gasteiger partial charge on any atom is 0.187 e. The van der Waals surface area contributed by atoms with Gasteiger partial charge in [-0.25, -0.2) is 4.98 Å². The van der Waals surface area contributed by atoms with Gasteiger partial charge in [0.05, 0.1) is 5.52 Å². The number of benzene rings is 1. The van der Waals surface area contributed by atoms with Crippen LogP contribution in [0, 0.1) is 0 Å². The standard InChI is InChI=1S/C25H30N6.3ClH/c1-16(30-13-12-19(26)15-30)18-9-11-22-28-29-24(31(22)14-18)21-10-8-17-6-5-7-20(23(17)27-21)25(2,3)4;;;/h5-11,14,16,19H,12-13,15,26H2,1-4H3;3*1H/t16-,19-;;;/m0.../s1. The molecule has 3 aromatic heterocycles. The molecule has 0 aliphatic carbocycles. The molecule has 1 saturated heterocycles. The summed E-state index contributed by atoms with van der Waals surface area (Å²) in [5.74, 6) is 0.771. The summed E-state index contributed by atoms with van der Waals surface area (Å²) in [5.41, 5.74) is 11.3. The fourth-order valence-electron chi connectivity index (χ4n) is 4.58. The molecule has 184 valence electrons. The first-order valence-electron chi connectivity index (χ1n) is 11.1. The van der Waals surface area contributed by atoms with Crippen molar-refractivity contribution in [2.24, 2.45) is 5.73 Å². The Morgan fingerprint density at radius 3 is 2.44 bits per heavy atom. The van der Waals surface area contributed by atoms with Crippen LogP contribution in [-0.4, -0.2) is 43.6 Å². The molecular weight excluding hydrogens is 491 g/mol. The van der Waals surface area contributed by atoms with Crippen LogP contribution in [0.4, 0.5) is 0 Å². The summed E-state index contributed by atoms with van der Waals surface area (Å²) in [5, 5.41) is 10.0. The van der Waals surface area contributed by atoms with E-state index in [2.05, 4.69) is 83.7 Å². The predicted molar refractivity (Wildman–Crippen MR) is 147 cm³/mol. The summed E-state index contributed by atoms with van der Waals surface area (Å²) in [6.45, 7) is 10.9. The van der Waals surface area contributed by atoms with Crippen molar-refractivity contribution in [3.8, 4) is 11.5 Å². The van der Waals surface area contributed by atoms with Crippen molar-refractivity contribution in [3.63, 3.8) is 0 Å². The van der Waals surface area contributed by atoms with Crippen LogP contribution in [-0.2, 0) is 5.41 Å². The van der Waals surface area contributed by atoms with E-state index in [0.29, 0.717) is 6.04 Å². The molecule has 1 aliphatic rings. The minimum atomic E-state index is 0. The number of nitrogens with zero attached hydrogens (tertiary/aromatic N) is 5. The van der Waals surface area contributed by atoms with Crippen molar-refractivity contribution >= 4 is 53.8 Å². The van der Waals surface area contributed by atoms with Crippen LogP contribution in [0.2, 0.25) is 0 Å². The van der Waals surface area contributed by atoms with E-state index < -0.39 is 0 Å². The van der Waals surface area contributed by atoms with E-state index in [0.717, 1.165) is 47.6 Å². The maximum atomic E-state index is 6.13. The lowest BCUT2D eigenvalue weighted by Gasteiger charge is -2.24. The number of likely N-dealkylation sites (tertiary alicyclic amines) is 1. The van der Waals surface area contributed by atoms with E-state index in [-0.39, 0.29) is 48.7 Å². The third-order valence-corrected chi connectivity index (χ3v) is 6.47. The lowest BCUT2D eigenvalue weighted by molar-refractivity contribution is 0.259. The van der Waals surface area contributed by atoms with Crippen molar-refractivity contribution < 1.29 is 0 Å². The van der Waals surface area contributed by atoms with E-state index in [1.807, 2.05) is 12.1 Å². The zero-order chi connectivity index (χ0) is 21.8. The molecule has 9 heteroatoms. The Balaban J connectivity index is 0.00000136. The number of rotatable bonds is 3. The molecule has 4 heterocycles. The van der Waals surface area contributed by atoms with Gasteiger partial charge in [0.1, 0.15) is 5.69 Å². The van der Waals surface area contributed by atoms with Crippen LogP contribution in [0.25, 0.3) is 28.1 Å². The summed E-state index contributed by atoms with van der Waals surface area (Å²) in [6.07, 6.45) is 3.21. The summed E-state index contributed by atoms with van der Waals surface area (Å²) in [6, 6.07) is 15.3. The van der Waals surface area contributed by atoms with Gasteiger partial charge in [-0.15, -0.1) is 47.4 Å². The number of nitrogens with two attached hydrogens (primary N) is 1. The van der Waals surface area contributed by atoms with Crippen LogP contribution in [0.15, 0.2) is 48.7 Å². The Kier molecular flexibility index (Phi) is 8.94. The molecule has 6 nitrogen and oxygen atoms in total. The summed E-state index contributed by atoms with van der Waals surface area (Å²) in [7, 11) is 0. The predicted octanol–water partition coefficient (Wildman–Crippen LogP) is 5.60. The second-order valence-electron chi connectivity index (χ2n) is 9.76. The molecule has 1 fully saturated rings. The number of hydrogen-bond acceptors (Lipinski definition) is 5. The molecule has 4 aromatic rings. The van der Waals surface area contributed by atoms with Crippen molar-refractivity contribution in [3.05, 3.63) is 59.8 Å². The van der Waals surface area contributed by atoms with Gasteiger partial charge in [0, 0.05) is 36.8 Å². The molecule has 0 spiro atoms. The van der Waals surface area contributed by atoms with Gasteiger partial charge in [0.2, 0.25) is 0 Å². The minimum absolute atomic E-state index is 0. The molecule has 1 aromatic carbocycles. The van der Waals surface area contributed by atoms with Gasteiger partial charge in [-0.3, -0.25) is 9.30 Å². The summed E-state index contributed by atoms with van der Waals surface area (Å²) >= 11 is 0. The van der Waals surface area contributed by atoms with Gasteiger partial charge >= 0.3 is 0 Å². The average Bonchev–Trinajstić information content (AvgIpc) is 3.37. The molecule has 0 radical (unpaired) electrons. The lowest BCUT2D eigenvalue weighted by atomic mass is 9.85. The van der Waals surface area contributed by atoms with Gasteiger partial charge in [0.15, 0.2) is 11.5 Å². The highest BCUT2D eigenvalue weighted by atomic mass is 35.5. The highest BCUT2D eigenvalue weighted by molar-refractivity contribution is 5.86. The van der Waals surface area contributed by atoms with Crippen LogP contribution < -0.4 is 5.73 Å². The number of halogens is 3. The van der Waals surface area contributed by atoms with Crippen molar-refractivity contribution in [1.29, 1.82) is 0 Å². The molecule has 1 aliphatic heterocycles. The zero-order valence-electron chi connectivity index (χ0n) is 19.9. The number of para-hydroxylation sites is 1. The summed E-state index contributed by atoms with van der Waals surface area (Å²) in [4.78, 5) is 7.49. The van der Waals surface area contributed by atoms with Crippen molar-refractivity contribution in [2.75, 3.05) is 13.1 Å². The second-order valence-corrected chi connectivity index (χ2v) is 9.76. The van der Waals surface area contributed by atoms with Crippen LogP contribution in [0.1, 0.15) is 51.3 Å². The van der Waals surface area contributed by atoms with Gasteiger partial charge in [-0.1, -0.05) is 51.1 Å². The molecular formula is C25H33Cl3N6. The van der Waals surface area contributed by atoms with Gasteiger partial charge in [-0.05, 0) is 42.0 Å². The van der Waals surface area contributed by atoms with Gasteiger partial charge in [0.25, 0.3) is 0 Å². The average molecular weight is 524 g/mol. The minimum Gasteiger partial charge on any atom is -0.326 e. The Bertz CT molecular complexity index is 1270. The van der Waals surface area contributed by atoms with E-state index in [4.69, 9.17) is 10.7 Å². The number of pyridine rings is 2. The number of hydrogen-bond donors (Lipinski definition) is 1. The molecule has 2 N–H and O–H groups in total. The Labute approximate surface area is 219 Å². The molecule has 0 unspecified atom stereocenters. The SMILES string of the molecule is C[C@@H](c1ccc2nnc(-c3ccc4cccc(C(C)(C)C)c4n3)n2c1)N1CC[C@H](N)C1.Cl.Cl.Cl. The van der Waals surface area contributed by atoms with E-state index in [1.54, 1.807) is 0 Å². The van der Waals surface area contributed by atoms with Crippen LogP contribution in [0.5, 0.6) is 0 Å². The van der Waals surface area contributed by atoms with Crippen molar-refractivity contribution in [1.82, 2.24) is 24.5 Å². The van der Waals surface area contributed by atoms with Gasteiger partial charge < -0.3 is 5.73 Å². The Morgan fingerprint density at radius 1 is 1.00 bits per heavy atom. The van der Waals surface area contributed by atoms with E-state index in [9.17, 15) is 0 Å². The van der Waals surface area contributed by atoms with Crippen LogP contribution in [0.3, 0.4) is 0 Å². The largest absolute Gasteiger partial charge is 0.326 e. The first kappa shape index (κ1) is 28.3. The second kappa shape index (κ2) is 10.8. The zero-order valence-corrected chi connectivity index (χ0v) is 22.4. The number of aromatic nitrogens is 4. The summed E-state index contributed by atoms with van der Waals surface area (Å²) < 4.78 is 2.07. The monoisotopic (exact) mass is 522 g/mol. The Hall–Kier alpha value is -1.96. The normalized spacial score (nSPS) is 17.1. The fraction of sp³-hybridized carbons (Fsp3) is 0.400. The highest BCUT2D eigenvalue weighted by Crippen LogP contribution is 2.31. The topological polar surface area (TPSA) is 72.3 Å². The molecule has 34 heavy (non-hydrogen) atoms. The molecule has 5 rings (SSSR count). The Morgan fingerprint density at radius 2 is 1.76 bits per heavy atom. The first-order chi connectivity index (χ1) is 14.8. The van der Waals surface area contributed by atoms with E-state index >= 15 is 0 Å². The van der Waals surface area contributed by atoms with Crippen molar-refractivity contribution in [2.45, 2.75) is 51.6 Å². The molecule has 0 saturated carbocycles. The molecule has 2 atom stereocenters. The third kappa shape index (κ3) is 5.16. The lowest BCUT2D eigenvalue weighted by Crippen LogP contribution is -2.28. The maximum absolute atomic E-state index is 6.13. The van der Waals surface area contributed by atoms with Crippen LogP contribution >= 0.6 is 37.2 Å². The van der Waals surface area contributed by atoms with E-state index in [1.165, 1.54) is 11.1 Å². The molecule has 0 bridgehead atoms. The molecule has 0 amide bonds. The fourth-order valence-corrected chi connectivity index (χ4v) is 4.58. The quantitative estimate of drug-likeness (QED) is 0.378. The smallest absolute Gasteiger partial charge is 0.187 e. The van der Waals surface area contributed by atoms with Gasteiger partial charge in [-0.2, -0.15) is 0 Å². The first-order valence-corrected chi connectivity index (χ1v) is 11.1. The number of fused-ring (bicyclic) bond motifs is 2.